The Morgan fingerprint density at radius 1 is 1.62 bits per heavy atom. The first-order valence-electron chi connectivity index (χ1n) is 4.85. The number of carbonyl (C=O) groups is 1. The molecule has 1 aromatic carbocycles. The minimum atomic E-state index is -0.578. The minimum Gasteiger partial charge on any atom is -0.482 e. The van der Waals surface area contributed by atoms with Crippen LogP contribution in [-0.4, -0.2) is 24.7 Å². The highest BCUT2D eigenvalue weighted by Crippen LogP contribution is 2.27. The lowest BCUT2D eigenvalue weighted by Gasteiger charge is -2.10. The Bertz CT molecular complexity index is 379. The Morgan fingerprint density at radius 3 is 2.81 bits per heavy atom. The Kier molecular flexibility index (Phi) is 4.58. The minimum absolute atomic E-state index is 0.0791. The number of aliphatic hydroxyl groups is 1. The predicted octanol–water partition coefficient (Wildman–Crippen LogP) is 1.52. The van der Waals surface area contributed by atoms with Gasteiger partial charge in [-0.3, -0.25) is 4.79 Å². The molecule has 0 saturated heterocycles. The second-order valence-corrected chi connectivity index (χ2v) is 3.73. The van der Waals surface area contributed by atoms with Crippen LogP contribution in [0.2, 0.25) is 5.02 Å². The number of aliphatic hydroxyl groups excluding tert-OH is 1. The smallest absolute Gasteiger partial charge is 0.257 e. The first-order chi connectivity index (χ1) is 7.54. The van der Waals surface area contributed by atoms with E-state index in [4.69, 9.17) is 16.3 Å². The molecule has 5 heteroatoms. The molecule has 0 radical (unpaired) electrons. The largest absolute Gasteiger partial charge is 0.482 e. The topological polar surface area (TPSA) is 58.6 Å². The van der Waals surface area contributed by atoms with Crippen molar-refractivity contribution < 1.29 is 14.6 Å². The van der Waals surface area contributed by atoms with Gasteiger partial charge in [0.05, 0.1) is 11.1 Å². The molecule has 16 heavy (non-hydrogen) atoms. The molecule has 1 atom stereocenters. The van der Waals surface area contributed by atoms with E-state index in [1.807, 2.05) is 0 Å². The van der Waals surface area contributed by atoms with E-state index in [0.29, 0.717) is 16.3 Å². The van der Waals surface area contributed by atoms with Crippen molar-refractivity contribution in [3.8, 4) is 5.75 Å². The van der Waals surface area contributed by atoms with Gasteiger partial charge in [-0.2, -0.15) is 0 Å². The van der Waals surface area contributed by atoms with Gasteiger partial charge in [-0.25, -0.2) is 0 Å². The van der Waals surface area contributed by atoms with Crippen LogP contribution >= 0.6 is 11.6 Å². The molecule has 0 fully saturated rings. The Morgan fingerprint density at radius 2 is 2.31 bits per heavy atom. The summed E-state index contributed by atoms with van der Waals surface area (Å²) in [4.78, 5) is 11.0. The molecule has 0 aromatic heterocycles. The van der Waals surface area contributed by atoms with Crippen LogP contribution in [0, 0.1) is 0 Å². The third kappa shape index (κ3) is 3.40. The summed E-state index contributed by atoms with van der Waals surface area (Å²) < 4.78 is 5.20. The monoisotopic (exact) mass is 243 g/mol. The van der Waals surface area contributed by atoms with Gasteiger partial charge in [0.15, 0.2) is 6.61 Å². The summed E-state index contributed by atoms with van der Waals surface area (Å²) in [6.45, 7) is 1.57. The van der Waals surface area contributed by atoms with Crippen LogP contribution in [0.1, 0.15) is 18.6 Å². The summed E-state index contributed by atoms with van der Waals surface area (Å²) in [6, 6.07) is 4.95. The van der Waals surface area contributed by atoms with Crippen molar-refractivity contribution >= 4 is 17.5 Å². The van der Waals surface area contributed by atoms with E-state index in [9.17, 15) is 9.90 Å². The molecule has 0 unspecified atom stereocenters. The molecule has 2 N–H and O–H groups in total. The number of amides is 1. The summed E-state index contributed by atoms with van der Waals surface area (Å²) in [5.74, 6) is 0.199. The normalized spacial score (nSPS) is 12.0. The molecule has 1 amide bonds. The molecule has 1 aromatic rings. The molecule has 0 aliphatic heterocycles. The van der Waals surface area contributed by atoms with Crippen LogP contribution in [0.25, 0.3) is 0 Å². The van der Waals surface area contributed by atoms with Crippen molar-refractivity contribution in [2.45, 2.75) is 13.0 Å². The van der Waals surface area contributed by atoms with Gasteiger partial charge in [0.1, 0.15) is 5.75 Å². The molecule has 88 valence electrons. The second kappa shape index (κ2) is 5.72. The Balaban J connectivity index is 2.72. The summed E-state index contributed by atoms with van der Waals surface area (Å²) in [5.41, 5.74) is 0.706. The molecule has 4 nitrogen and oxygen atoms in total. The molecule has 0 spiro atoms. The van der Waals surface area contributed by atoms with E-state index in [0.717, 1.165) is 0 Å². The number of nitrogens with one attached hydrogen (secondary N) is 1. The Labute approximate surface area is 99.2 Å². The van der Waals surface area contributed by atoms with E-state index in [1.54, 1.807) is 25.1 Å². The number of likely N-dealkylation sites (N-methyl/N-ethyl adjacent to an activating group) is 1. The first kappa shape index (κ1) is 12.8. The van der Waals surface area contributed by atoms with Crippen molar-refractivity contribution in [3.63, 3.8) is 0 Å². The van der Waals surface area contributed by atoms with Gasteiger partial charge in [-0.05, 0) is 24.6 Å². The van der Waals surface area contributed by atoms with Gasteiger partial charge in [-0.15, -0.1) is 0 Å². The molecular formula is C11H14ClNO3. The van der Waals surface area contributed by atoms with Crippen LogP contribution in [0.4, 0.5) is 0 Å². The number of halogens is 1. The summed E-state index contributed by atoms with van der Waals surface area (Å²) in [7, 11) is 1.53. The SMILES string of the molecule is CNC(=O)COc1ccc([C@@H](C)O)cc1Cl. The zero-order valence-electron chi connectivity index (χ0n) is 9.16. The maximum Gasteiger partial charge on any atom is 0.257 e. The number of hydrogen-bond acceptors (Lipinski definition) is 3. The van der Waals surface area contributed by atoms with Crippen LogP contribution < -0.4 is 10.1 Å². The van der Waals surface area contributed by atoms with Crippen LogP contribution in [0.15, 0.2) is 18.2 Å². The fourth-order valence-electron chi connectivity index (χ4n) is 1.11. The summed E-state index contributed by atoms with van der Waals surface area (Å²) in [5, 5.41) is 12.1. The molecule has 1 rings (SSSR count). The van der Waals surface area contributed by atoms with Gasteiger partial charge in [0.25, 0.3) is 5.91 Å². The van der Waals surface area contributed by atoms with Gasteiger partial charge in [0.2, 0.25) is 0 Å². The standard InChI is InChI=1S/C11H14ClNO3/c1-7(14)8-3-4-10(9(12)5-8)16-6-11(15)13-2/h3-5,7,14H,6H2,1-2H3,(H,13,15)/t7-/m1/s1. The van der Waals surface area contributed by atoms with E-state index >= 15 is 0 Å². The molecular weight excluding hydrogens is 230 g/mol. The average molecular weight is 244 g/mol. The zero-order chi connectivity index (χ0) is 12.1. The van der Waals surface area contributed by atoms with Crippen LogP contribution in [0.5, 0.6) is 5.75 Å². The summed E-state index contributed by atoms with van der Waals surface area (Å²) >= 11 is 5.93. The van der Waals surface area contributed by atoms with Crippen molar-refractivity contribution in [2.24, 2.45) is 0 Å². The number of carbonyl (C=O) groups excluding carboxylic acids is 1. The van der Waals surface area contributed by atoms with Gasteiger partial charge >= 0.3 is 0 Å². The third-order valence-corrected chi connectivity index (χ3v) is 2.37. The van der Waals surface area contributed by atoms with E-state index in [1.165, 1.54) is 7.05 Å². The molecule has 0 saturated carbocycles. The van der Waals surface area contributed by atoms with E-state index in [-0.39, 0.29) is 12.5 Å². The quantitative estimate of drug-likeness (QED) is 0.843. The highest BCUT2D eigenvalue weighted by molar-refractivity contribution is 6.32. The fraction of sp³-hybridized carbons (Fsp3) is 0.364. The molecule has 0 heterocycles. The van der Waals surface area contributed by atoms with Crippen molar-refractivity contribution in [2.75, 3.05) is 13.7 Å². The summed E-state index contributed by atoms with van der Waals surface area (Å²) in [6.07, 6.45) is -0.578. The fourth-order valence-corrected chi connectivity index (χ4v) is 1.35. The van der Waals surface area contributed by atoms with Gasteiger partial charge in [0, 0.05) is 7.05 Å². The highest BCUT2D eigenvalue weighted by atomic mass is 35.5. The first-order valence-corrected chi connectivity index (χ1v) is 5.23. The maximum atomic E-state index is 11.0. The number of ether oxygens (including phenoxy) is 1. The Hall–Kier alpha value is -1.26. The number of benzene rings is 1. The zero-order valence-corrected chi connectivity index (χ0v) is 9.91. The van der Waals surface area contributed by atoms with Crippen molar-refractivity contribution in [3.05, 3.63) is 28.8 Å². The highest BCUT2D eigenvalue weighted by Gasteiger charge is 2.07. The van der Waals surface area contributed by atoms with Gasteiger partial charge in [-0.1, -0.05) is 17.7 Å². The number of hydrogen-bond donors (Lipinski definition) is 2. The van der Waals surface area contributed by atoms with E-state index < -0.39 is 6.10 Å². The second-order valence-electron chi connectivity index (χ2n) is 3.33. The molecule has 0 bridgehead atoms. The third-order valence-electron chi connectivity index (χ3n) is 2.08. The predicted molar refractivity (Wildman–Crippen MR) is 61.6 cm³/mol. The lowest BCUT2D eigenvalue weighted by Crippen LogP contribution is -2.24. The molecule has 0 aliphatic carbocycles. The molecule has 0 aliphatic rings. The lowest BCUT2D eigenvalue weighted by atomic mass is 10.1. The van der Waals surface area contributed by atoms with Crippen molar-refractivity contribution in [1.82, 2.24) is 5.32 Å². The maximum absolute atomic E-state index is 11.0. The lowest BCUT2D eigenvalue weighted by molar-refractivity contribution is -0.122. The number of rotatable bonds is 4. The van der Waals surface area contributed by atoms with Gasteiger partial charge < -0.3 is 15.2 Å². The van der Waals surface area contributed by atoms with Crippen LogP contribution in [-0.2, 0) is 4.79 Å². The van der Waals surface area contributed by atoms with Crippen molar-refractivity contribution in [1.29, 1.82) is 0 Å². The van der Waals surface area contributed by atoms with Crippen LogP contribution in [0.3, 0.4) is 0 Å². The van der Waals surface area contributed by atoms with E-state index in [2.05, 4.69) is 5.32 Å². The average Bonchev–Trinajstić information content (AvgIpc) is 2.26.